The van der Waals surface area contributed by atoms with Gasteiger partial charge in [-0.25, -0.2) is 28.7 Å². The summed E-state index contributed by atoms with van der Waals surface area (Å²) < 4.78 is 28.8. The molecule has 12 heteroatoms. The number of nitrogens with one attached hydrogen (secondary N) is 2. The van der Waals surface area contributed by atoms with E-state index in [4.69, 9.17) is 0 Å². The molecule has 0 radical (unpaired) electrons. The van der Waals surface area contributed by atoms with Crippen molar-refractivity contribution in [1.82, 2.24) is 29.8 Å². The van der Waals surface area contributed by atoms with Gasteiger partial charge in [0.1, 0.15) is 23.9 Å². The molecule has 3 heterocycles. The number of hydrogen-bond donors (Lipinski definition) is 4. The second-order valence-electron chi connectivity index (χ2n) is 10.5. The van der Waals surface area contributed by atoms with Crippen LogP contribution in [0.15, 0.2) is 54.7 Å². The number of aliphatic hydroxyl groups excluding tert-OH is 2. The van der Waals surface area contributed by atoms with E-state index in [1.54, 1.807) is 29.0 Å². The molecule has 3 aliphatic rings. The third-order valence-electron chi connectivity index (χ3n) is 8.10. The molecule has 0 bridgehead atoms. The van der Waals surface area contributed by atoms with E-state index in [0.29, 0.717) is 46.8 Å². The maximum Gasteiger partial charge on any atom is 0.229 e. The van der Waals surface area contributed by atoms with Crippen LogP contribution in [0.5, 0.6) is 0 Å². The van der Waals surface area contributed by atoms with E-state index in [1.165, 1.54) is 19.4 Å². The molecule has 1 aromatic carbocycles. The quantitative estimate of drug-likeness (QED) is 0.276. The molecule has 1 amide bonds. The monoisotopic (exact) mass is 555 g/mol. The summed E-state index contributed by atoms with van der Waals surface area (Å²) in [5.41, 5.74) is 1.12. The second kappa shape index (κ2) is 9.07. The molecule has 7 rings (SSSR count). The highest BCUT2D eigenvalue weighted by Crippen LogP contribution is 2.66. The van der Waals surface area contributed by atoms with Gasteiger partial charge in [0.25, 0.3) is 0 Å². The second-order valence-corrected chi connectivity index (χ2v) is 10.5. The molecule has 3 aliphatic carbocycles. The molecule has 2 saturated carbocycles. The number of anilines is 1. The van der Waals surface area contributed by atoms with Crippen molar-refractivity contribution in [2.24, 2.45) is 11.3 Å². The molecule has 0 saturated heterocycles. The summed E-state index contributed by atoms with van der Waals surface area (Å²) >= 11 is 0. The molecule has 2 fully saturated rings. The molecule has 5 atom stereocenters. The van der Waals surface area contributed by atoms with Crippen molar-refractivity contribution in [3.63, 3.8) is 0 Å². The molecule has 10 nitrogen and oxygen atoms in total. The van der Waals surface area contributed by atoms with E-state index in [9.17, 15) is 23.8 Å². The molecule has 3 aromatic heterocycles. The Morgan fingerprint density at radius 1 is 1.15 bits per heavy atom. The van der Waals surface area contributed by atoms with Crippen molar-refractivity contribution in [2.45, 2.75) is 30.9 Å². The van der Waals surface area contributed by atoms with Gasteiger partial charge in [-0.15, -0.1) is 0 Å². The van der Waals surface area contributed by atoms with Crippen molar-refractivity contribution in [3.05, 3.63) is 83.4 Å². The first-order valence-corrected chi connectivity index (χ1v) is 13.0. The molecule has 0 spiro atoms. The summed E-state index contributed by atoms with van der Waals surface area (Å²) in [5.74, 6) is 3.46. The lowest BCUT2D eigenvalue weighted by atomic mass is 9.99. The smallest absolute Gasteiger partial charge is 0.229 e. The number of halogens is 2. The SMILES string of the molecule is CNC(=O)C12CC1C(n1cnc3c(N[C@@H]4CC4c4ccc(F)c(F)c4)nc(C#Cc4ccccn4)nc31)=C(O)[C@@H]2O. The minimum absolute atomic E-state index is 0.0587. The standard InChI is InChI=1S/C29H23F2N7O3/c1-32-28(41)29-12-17(29)23(24(39)25(29)40)38-13-34-22-26(35-20-11-16(20)14-5-7-18(30)19(31)10-14)36-21(37-27(22)38)8-6-15-4-2-3-9-33-15/h2-5,7,9-10,13,16-17,20,25,39-40H,11-12H2,1H3,(H,32,41)(H,35,36,37)/t16?,17?,20-,25+,29?/m1/s1. The van der Waals surface area contributed by atoms with Gasteiger partial charge in [0, 0.05) is 31.1 Å². The number of aromatic nitrogens is 5. The Kier molecular flexibility index (Phi) is 5.55. The number of imidazole rings is 1. The predicted octanol–water partition coefficient (Wildman–Crippen LogP) is 2.72. The lowest BCUT2D eigenvalue weighted by Gasteiger charge is -2.16. The normalized spacial score (nSPS) is 25.9. The topological polar surface area (TPSA) is 138 Å². The van der Waals surface area contributed by atoms with Crippen molar-refractivity contribution in [1.29, 1.82) is 0 Å². The van der Waals surface area contributed by atoms with E-state index >= 15 is 0 Å². The lowest BCUT2D eigenvalue weighted by molar-refractivity contribution is -0.129. The number of aliphatic hydroxyl groups is 2. The largest absolute Gasteiger partial charge is 0.508 e. The van der Waals surface area contributed by atoms with Crippen LogP contribution in [0.1, 0.15) is 35.8 Å². The summed E-state index contributed by atoms with van der Waals surface area (Å²) in [6, 6.07) is 9.09. The number of allylic oxidation sites excluding steroid dienone is 1. The van der Waals surface area contributed by atoms with Gasteiger partial charge in [-0.1, -0.05) is 12.1 Å². The molecular formula is C29H23F2N7O3. The molecule has 41 heavy (non-hydrogen) atoms. The molecule has 4 N–H and O–H groups in total. The lowest BCUT2D eigenvalue weighted by Crippen LogP contribution is -2.37. The van der Waals surface area contributed by atoms with Crippen LogP contribution in [0.4, 0.5) is 14.6 Å². The van der Waals surface area contributed by atoms with Gasteiger partial charge in [-0.05, 0) is 54.5 Å². The fourth-order valence-electron chi connectivity index (χ4n) is 5.81. The highest BCUT2D eigenvalue weighted by atomic mass is 19.2. The fraction of sp³-hybridized carbons (Fsp3) is 0.276. The number of nitrogens with zero attached hydrogens (tertiary/aromatic N) is 5. The van der Waals surface area contributed by atoms with Crippen molar-refractivity contribution < 1.29 is 23.8 Å². The predicted molar refractivity (Wildman–Crippen MR) is 143 cm³/mol. The van der Waals surface area contributed by atoms with Crippen LogP contribution in [0.3, 0.4) is 0 Å². The maximum absolute atomic E-state index is 13.8. The van der Waals surface area contributed by atoms with Crippen LogP contribution in [0, 0.1) is 34.8 Å². The Morgan fingerprint density at radius 3 is 2.76 bits per heavy atom. The van der Waals surface area contributed by atoms with Crippen LogP contribution in [-0.4, -0.2) is 59.8 Å². The van der Waals surface area contributed by atoms with Crippen molar-refractivity contribution >= 4 is 28.6 Å². The third-order valence-corrected chi connectivity index (χ3v) is 8.10. The van der Waals surface area contributed by atoms with Gasteiger partial charge in [0.2, 0.25) is 11.7 Å². The Balaban J connectivity index is 1.28. The summed E-state index contributed by atoms with van der Waals surface area (Å²) in [5, 5.41) is 27.6. The Bertz CT molecular complexity index is 1830. The van der Waals surface area contributed by atoms with Gasteiger partial charge in [0.05, 0.1) is 11.1 Å². The zero-order valence-corrected chi connectivity index (χ0v) is 21.6. The third kappa shape index (κ3) is 3.92. The number of amides is 1. The average Bonchev–Trinajstić information content (AvgIpc) is 3.86. The van der Waals surface area contributed by atoms with Gasteiger partial charge in [-0.3, -0.25) is 9.36 Å². The van der Waals surface area contributed by atoms with Gasteiger partial charge < -0.3 is 20.8 Å². The number of benzene rings is 1. The first-order valence-electron chi connectivity index (χ1n) is 13.0. The van der Waals surface area contributed by atoms with E-state index in [0.717, 1.165) is 6.07 Å². The van der Waals surface area contributed by atoms with Crippen molar-refractivity contribution in [3.8, 4) is 11.8 Å². The Labute approximate surface area is 232 Å². The average molecular weight is 556 g/mol. The molecule has 3 unspecified atom stereocenters. The number of pyridine rings is 1. The minimum atomic E-state index is -1.36. The van der Waals surface area contributed by atoms with Gasteiger partial charge in [0.15, 0.2) is 28.6 Å². The highest BCUT2D eigenvalue weighted by molar-refractivity contribution is 5.94. The van der Waals surface area contributed by atoms with E-state index in [1.807, 2.05) is 6.07 Å². The summed E-state index contributed by atoms with van der Waals surface area (Å²) in [6.45, 7) is 0. The number of carbonyl (C=O) groups is 1. The Hall–Kier alpha value is -4.89. The molecule has 0 aliphatic heterocycles. The van der Waals surface area contributed by atoms with Gasteiger partial charge >= 0.3 is 0 Å². The highest BCUT2D eigenvalue weighted by Gasteiger charge is 2.72. The summed E-state index contributed by atoms with van der Waals surface area (Å²) in [4.78, 5) is 30.5. The van der Waals surface area contributed by atoms with Crippen LogP contribution in [0.25, 0.3) is 16.9 Å². The molecule has 4 aromatic rings. The zero-order chi connectivity index (χ0) is 28.5. The number of hydrogen-bond acceptors (Lipinski definition) is 8. The molecule has 206 valence electrons. The van der Waals surface area contributed by atoms with E-state index < -0.39 is 29.1 Å². The number of rotatable bonds is 5. The van der Waals surface area contributed by atoms with Crippen LogP contribution >= 0.6 is 0 Å². The maximum atomic E-state index is 13.8. The van der Waals surface area contributed by atoms with Crippen LogP contribution < -0.4 is 10.6 Å². The summed E-state index contributed by atoms with van der Waals surface area (Å²) in [6.07, 6.45) is 2.77. The van der Waals surface area contributed by atoms with Crippen LogP contribution in [0.2, 0.25) is 0 Å². The van der Waals surface area contributed by atoms with Gasteiger partial charge in [-0.2, -0.15) is 0 Å². The molecular weight excluding hydrogens is 532 g/mol. The number of carbonyl (C=O) groups excluding carboxylic acids is 1. The van der Waals surface area contributed by atoms with Crippen molar-refractivity contribution in [2.75, 3.05) is 12.4 Å². The first kappa shape index (κ1) is 25.1. The van der Waals surface area contributed by atoms with E-state index in [-0.39, 0.29) is 29.5 Å². The zero-order valence-electron chi connectivity index (χ0n) is 21.6. The fourth-order valence-corrected chi connectivity index (χ4v) is 5.81. The van der Waals surface area contributed by atoms with Crippen LogP contribution in [-0.2, 0) is 4.79 Å². The Morgan fingerprint density at radius 2 is 2.00 bits per heavy atom. The van der Waals surface area contributed by atoms with E-state index in [2.05, 4.69) is 42.4 Å². The minimum Gasteiger partial charge on any atom is -0.508 e. The number of fused-ring (bicyclic) bond motifs is 2. The first-order chi connectivity index (χ1) is 19.8. The summed E-state index contributed by atoms with van der Waals surface area (Å²) in [7, 11) is 1.49.